The molecule has 0 aliphatic rings. The van der Waals surface area contributed by atoms with E-state index in [2.05, 4.69) is 4.98 Å². The molecule has 0 aliphatic heterocycles. The monoisotopic (exact) mass is 240 g/mol. The largest absolute Gasteiger partial charge is 0.504 e. The fraction of sp³-hybridized carbons (Fsp3) is 0.0714. The number of nitrogens with zero attached hydrogens (tertiary/aromatic N) is 2. The third kappa shape index (κ3) is 1.68. The van der Waals surface area contributed by atoms with Crippen molar-refractivity contribution >= 4 is 5.65 Å². The van der Waals surface area contributed by atoms with Crippen molar-refractivity contribution in [1.82, 2.24) is 9.38 Å². The SMILES string of the molecule is COc1cc(-c2cn3ccccc3n2)ccc1O. The highest BCUT2D eigenvalue weighted by Crippen LogP contribution is 2.30. The molecule has 2 heterocycles. The van der Waals surface area contributed by atoms with Crippen LogP contribution in [0.3, 0.4) is 0 Å². The summed E-state index contributed by atoms with van der Waals surface area (Å²) in [6.07, 6.45) is 3.89. The third-order valence-corrected chi connectivity index (χ3v) is 2.84. The average Bonchev–Trinajstić information content (AvgIpc) is 2.83. The molecule has 0 atom stereocenters. The molecule has 0 radical (unpaired) electrons. The Labute approximate surface area is 104 Å². The molecule has 0 amide bonds. The predicted octanol–water partition coefficient (Wildman–Crippen LogP) is 2.72. The first-order valence-electron chi connectivity index (χ1n) is 5.59. The number of ether oxygens (including phenoxy) is 1. The lowest BCUT2D eigenvalue weighted by atomic mass is 10.1. The molecule has 0 fully saturated rings. The van der Waals surface area contributed by atoms with Crippen molar-refractivity contribution in [2.75, 3.05) is 7.11 Å². The van der Waals surface area contributed by atoms with Crippen LogP contribution in [0.5, 0.6) is 11.5 Å². The molecule has 3 aromatic rings. The van der Waals surface area contributed by atoms with Crippen LogP contribution >= 0.6 is 0 Å². The lowest BCUT2D eigenvalue weighted by Crippen LogP contribution is -1.85. The molecule has 1 N–H and O–H groups in total. The molecule has 0 unspecified atom stereocenters. The van der Waals surface area contributed by atoms with Crippen molar-refractivity contribution in [1.29, 1.82) is 0 Å². The Bertz CT molecular complexity index is 671. The summed E-state index contributed by atoms with van der Waals surface area (Å²) in [6.45, 7) is 0. The quantitative estimate of drug-likeness (QED) is 0.749. The maximum Gasteiger partial charge on any atom is 0.161 e. The van der Waals surface area contributed by atoms with Gasteiger partial charge in [-0.25, -0.2) is 4.98 Å². The first kappa shape index (κ1) is 10.7. The van der Waals surface area contributed by atoms with E-state index in [1.807, 2.05) is 41.1 Å². The zero-order valence-corrected chi connectivity index (χ0v) is 9.87. The number of hydrogen-bond donors (Lipinski definition) is 1. The molecule has 4 nitrogen and oxygen atoms in total. The van der Waals surface area contributed by atoms with Gasteiger partial charge in [-0.05, 0) is 30.3 Å². The molecule has 2 aromatic heterocycles. The number of benzene rings is 1. The minimum Gasteiger partial charge on any atom is -0.504 e. The standard InChI is InChI=1S/C14H12N2O2/c1-18-13-8-10(5-6-12(13)17)11-9-16-7-3-2-4-14(16)15-11/h2-9,17H,1H3. The van der Waals surface area contributed by atoms with Gasteiger partial charge in [-0.3, -0.25) is 0 Å². The summed E-state index contributed by atoms with van der Waals surface area (Å²) in [7, 11) is 1.53. The number of phenols is 1. The van der Waals surface area contributed by atoms with E-state index in [4.69, 9.17) is 4.74 Å². The van der Waals surface area contributed by atoms with Gasteiger partial charge in [0, 0.05) is 18.0 Å². The summed E-state index contributed by atoms with van der Waals surface area (Å²) in [5.74, 6) is 0.578. The highest BCUT2D eigenvalue weighted by molar-refractivity contribution is 5.66. The van der Waals surface area contributed by atoms with E-state index in [9.17, 15) is 5.11 Å². The molecule has 1 aromatic carbocycles. The lowest BCUT2D eigenvalue weighted by molar-refractivity contribution is 0.373. The summed E-state index contributed by atoms with van der Waals surface area (Å²) in [5, 5.41) is 9.57. The number of pyridine rings is 1. The lowest BCUT2D eigenvalue weighted by Gasteiger charge is -2.04. The molecule has 0 saturated heterocycles. The number of imidazole rings is 1. The molecule has 0 bridgehead atoms. The van der Waals surface area contributed by atoms with E-state index in [1.165, 1.54) is 7.11 Å². The van der Waals surface area contributed by atoms with Gasteiger partial charge in [0.15, 0.2) is 11.5 Å². The van der Waals surface area contributed by atoms with Gasteiger partial charge in [-0.1, -0.05) is 6.07 Å². The van der Waals surface area contributed by atoms with Crippen LogP contribution in [-0.2, 0) is 0 Å². The number of phenolic OH excluding ortho intramolecular Hbond substituents is 1. The molecule has 4 heteroatoms. The van der Waals surface area contributed by atoms with E-state index in [0.29, 0.717) is 5.75 Å². The average molecular weight is 240 g/mol. The van der Waals surface area contributed by atoms with Gasteiger partial charge in [0.05, 0.1) is 12.8 Å². The summed E-state index contributed by atoms with van der Waals surface area (Å²) in [4.78, 5) is 4.51. The summed E-state index contributed by atoms with van der Waals surface area (Å²) in [6, 6.07) is 11.1. The molecule has 90 valence electrons. The molecular formula is C14H12N2O2. The number of aromatic hydroxyl groups is 1. The van der Waals surface area contributed by atoms with Crippen molar-refractivity contribution in [2.24, 2.45) is 0 Å². The number of rotatable bonds is 2. The van der Waals surface area contributed by atoms with E-state index in [1.54, 1.807) is 12.1 Å². The maximum atomic E-state index is 9.57. The van der Waals surface area contributed by atoms with Crippen LogP contribution in [0.4, 0.5) is 0 Å². The van der Waals surface area contributed by atoms with Crippen molar-refractivity contribution in [3.8, 4) is 22.8 Å². The number of methoxy groups -OCH3 is 1. The Morgan fingerprint density at radius 2 is 2.11 bits per heavy atom. The second-order valence-electron chi connectivity index (χ2n) is 3.98. The molecule has 0 saturated carbocycles. The van der Waals surface area contributed by atoms with Gasteiger partial charge in [-0.15, -0.1) is 0 Å². The second kappa shape index (κ2) is 4.07. The van der Waals surface area contributed by atoms with Crippen LogP contribution in [0.1, 0.15) is 0 Å². The molecule has 18 heavy (non-hydrogen) atoms. The molecule has 0 aliphatic carbocycles. The second-order valence-corrected chi connectivity index (χ2v) is 3.98. The Hall–Kier alpha value is -2.49. The van der Waals surface area contributed by atoms with Crippen LogP contribution in [0, 0.1) is 0 Å². The van der Waals surface area contributed by atoms with Gasteiger partial charge in [0.1, 0.15) is 5.65 Å². The zero-order valence-electron chi connectivity index (χ0n) is 9.87. The predicted molar refractivity (Wildman–Crippen MR) is 68.8 cm³/mol. The van der Waals surface area contributed by atoms with Gasteiger partial charge < -0.3 is 14.2 Å². The van der Waals surface area contributed by atoms with Crippen LogP contribution < -0.4 is 4.74 Å². The van der Waals surface area contributed by atoms with Crippen molar-refractivity contribution in [2.45, 2.75) is 0 Å². The van der Waals surface area contributed by atoms with Gasteiger partial charge >= 0.3 is 0 Å². The highest BCUT2D eigenvalue weighted by atomic mass is 16.5. The van der Waals surface area contributed by atoms with Crippen LogP contribution in [0.25, 0.3) is 16.9 Å². The Morgan fingerprint density at radius 1 is 1.22 bits per heavy atom. The minimum absolute atomic E-state index is 0.130. The summed E-state index contributed by atoms with van der Waals surface area (Å²) < 4.78 is 7.05. The smallest absolute Gasteiger partial charge is 0.161 e. The first-order valence-corrected chi connectivity index (χ1v) is 5.59. The molecule has 0 spiro atoms. The minimum atomic E-state index is 0.130. The van der Waals surface area contributed by atoms with Gasteiger partial charge in [0.25, 0.3) is 0 Å². The Kier molecular flexibility index (Phi) is 2.41. The maximum absolute atomic E-state index is 9.57. The van der Waals surface area contributed by atoms with E-state index in [0.717, 1.165) is 16.9 Å². The van der Waals surface area contributed by atoms with E-state index < -0.39 is 0 Å². The van der Waals surface area contributed by atoms with Crippen molar-refractivity contribution in [3.63, 3.8) is 0 Å². The highest BCUT2D eigenvalue weighted by Gasteiger charge is 2.07. The third-order valence-electron chi connectivity index (χ3n) is 2.84. The number of hydrogen-bond acceptors (Lipinski definition) is 3. The van der Waals surface area contributed by atoms with E-state index in [-0.39, 0.29) is 5.75 Å². The van der Waals surface area contributed by atoms with E-state index >= 15 is 0 Å². The van der Waals surface area contributed by atoms with Crippen LogP contribution in [0.15, 0.2) is 48.8 Å². The molecular weight excluding hydrogens is 228 g/mol. The van der Waals surface area contributed by atoms with Crippen LogP contribution in [0.2, 0.25) is 0 Å². The first-order chi connectivity index (χ1) is 8.78. The fourth-order valence-electron chi connectivity index (χ4n) is 1.91. The summed E-state index contributed by atoms with van der Waals surface area (Å²) >= 11 is 0. The van der Waals surface area contributed by atoms with Crippen molar-refractivity contribution in [3.05, 3.63) is 48.8 Å². The van der Waals surface area contributed by atoms with Crippen LogP contribution in [-0.4, -0.2) is 21.6 Å². The Morgan fingerprint density at radius 3 is 2.89 bits per heavy atom. The van der Waals surface area contributed by atoms with Gasteiger partial charge in [0.2, 0.25) is 0 Å². The number of aromatic nitrogens is 2. The fourth-order valence-corrected chi connectivity index (χ4v) is 1.91. The molecule has 3 rings (SSSR count). The topological polar surface area (TPSA) is 46.8 Å². The Balaban J connectivity index is 2.13. The van der Waals surface area contributed by atoms with Crippen molar-refractivity contribution < 1.29 is 9.84 Å². The van der Waals surface area contributed by atoms with Gasteiger partial charge in [-0.2, -0.15) is 0 Å². The summed E-state index contributed by atoms with van der Waals surface area (Å²) in [5.41, 5.74) is 2.65. The zero-order chi connectivity index (χ0) is 12.5. The number of fused-ring (bicyclic) bond motifs is 1. The normalized spacial score (nSPS) is 10.7.